The highest BCUT2D eigenvalue weighted by Gasteiger charge is 2.21. The van der Waals surface area contributed by atoms with Gasteiger partial charge in [0.05, 0.1) is 23.3 Å². The van der Waals surface area contributed by atoms with E-state index in [1.807, 2.05) is 6.92 Å². The third-order valence-electron chi connectivity index (χ3n) is 4.18. The fourth-order valence-corrected chi connectivity index (χ4v) is 4.15. The van der Waals surface area contributed by atoms with Crippen molar-refractivity contribution < 1.29 is 8.42 Å². The van der Waals surface area contributed by atoms with Gasteiger partial charge < -0.3 is 10.6 Å². The topological polar surface area (TPSA) is 88.4 Å². The second-order valence-corrected chi connectivity index (χ2v) is 7.56. The van der Waals surface area contributed by atoms with Crippen molar-refractivity contribution in [3.8, 4) is 0 Å². The van der Waals surface area contributed by atoms with Crippen molar-refractivity contribution in [3.63, 3.8) is 0 Å². The van der Waals surface area contributed by atoms with Crippen LogP contribution in [-0.2, 0) is 10.0 Å². The summed E-state index contributed by atoms with van der Waals surface area (Å²) in [5.41, 5.74) is 2.13. The quantitative estimate of drug-likeness (QED) is 0.750. The average molecular weight is 355 g/mol. The van der Waals surface area contributed by atoms with Crippen molar-refractivity contribution >= 4 is 32.7 Å². The molecular formula is C17H17N5O2S. The molecule has 0 unspecified atom stereocenters. The van der Waals surface area contributed by atoms with E-state index in [-0.39, 0.29) is 4.90 Å². The smallest absolute Gasteiger partial charge is 0.269 e. The normalized spacial score (nSPS) is 14.4. The van der Waals surface area contributed by atoms with E-state index in [0.29, 0.717) is 11.6 Å². The summed E-state index contributed by atoms with van der Waals surface area (Å²) in [4.78, 5) is 8.91. The van der Waals surface area contributed by atoms with E-state index in [1.54, 1.807) is 48.8 Å². The Bertz CT molecular complexity index is 1070. The van der Waals surface area contributed by atoms with Crippen LogP contribution < -0.4 is 10.6 Å². The van der Waals surface area contributed by atoms with Gasteiger partial charge in [-0.15, -0.1) is 0 Å². The highest BCUT2D eigenvalue weighted by atomic mass is 32.2. The number of fused-ring (bicyclic) bond motifs is 1. The molecule has 1 aliphatic rings. The van der Waals surface area contributed by atoms with E-state index < -0.39 is 10.0 Å². The largest absolute Gasteiger partial charge is 0.354 e. The number of hydrogen-bond acceptors (Lipinski definition) is 6. The van der Waals surface area contributed by atoms with Crippen molar-refractivity contribution in [2.24, 2.45) is 4.99 Å². The predicted molar refractivity (Wildman–Crippen MR) is 97.4 cm³/mol. The van der Waals surface area contributed by atoms with Gasteiger partial charge in [-0.2, -0.15) is 0 Å². The van der Waals surface area contributed by atoms with Crippen molar-refractivity contribution in [2.75, 3.05) is 18.4 Å². The van der Waals surface area contributed by atoms with Crippen LogP contribution in [0.4, 0.5) is 5.69 Å². The maximum Gasteiger partial charge on any atom is 0.269 e. The van der Waals surface area contributed by atoms with E-state index >= 15 is 0 Å². The minimum absolute atomic E-state index is 0.235. The van der Waals surface area contributed by atoms with Crippen molar-refractivity contribution in [1.82, 2.24) is 14.3 Å². The van der Waals surface area contributed by atoms with E-state index in [4.69, 9.17) is 0 Å². The summed E-state index contributed by atoms with van der Waals surface area (Å²) in [5, 5.41) is 7.12. The van der Waals surface area contributed by atoms with Gasteiger partial charge in [-0.3, -0.25) is 4.99 Å². The number of pyridine rings is 1. The molecule has 3 heterocycles. The zero-order valence-electron chi connectivity index (χ0n) is 13.6. The Kier molecular flexibility index (Phi) is 3.69. The molecule has 0 atom stereocenters. The Hall–Kier alpha value is -2.87. The molecular weight excluding hydrogens is 338 g/mol. The maximum absolute atomic E-state index is 12.9. The molecule has 0 saturated heterocycles. The number of nitrogens with zero attached hydrogens (tertiary/aromatic N) is 3. The average Bonchev–Trinajstić information content (AvgIpc) is 3.28. The van der Waals surface area contributed by atoms with Gasteiger partial charge in [0.15, 0.2) is 11.6 Å². The number of aryl methyl sites for hydroxylation is 1. The van der Waals surface area contributed by atoms with E-state index in [1.165, 1.54) is 3.97 Å². The van der Waals surface area contributed by atoms with Gasteiger partial charge in [-0.05, 0) is 30.7 Å². The Morgan fingerprint density at radius 3 is 2.72 bits per heavy atom. The van der Waals surface area contributed by atoms with Gasteiger partial charge >= 0.3 is 0 Å². The molecule has 0 aliphatic carbocycles. The van der Waals surface area contributed by atoms with Gasteiger partial charge in [-0.1, -0.05) is 18.2 Å². The summed E-state index contributed by atoms with van der Waals surface area (Å²) in [6, 6.07) is 10.1. The molecule has 2 aromatic heterocycles. The molecule has 7 nitrogen and oxygen atoms in total. The van der Waals surface area contributed by atoms with Crippen LogP contribution in [0.15, 0.2) is 58.7 Å². The molecule has 1 aromatic carbocycles. The van der Waals surface area contributed by atoms with Crippen LogP contribution in [0.25, 0.3) is 11.0 Å². The number of benzene rings is 1. The molecule has 4 rings (SSSR count). The minimum atomic E-state index is -3.68. The second kappa shape index (κ2) is 5.89. The monoisotopic (exact) mass is 355 g/mol. The number of nitrogens with one attached hydrogen (secondary N) is 2. The highest BCUT2D eigenvalue weighted by molar-refractivity contribution is 7.90. The number of aliphatic imine (C=N–C) groups is 1. The molecule has 0 radical (unpaired) electrons. The third-order valence-corrected chi connectivity index (χ3v) is 5.86. The lowest BCUT2D eigenvalue weighted by Gasteiger charge is -2.11. The molecule has 0 saturated carbocycles. The van der Waals surface area contributed by atoms with Crippen LogP contribution in [0.1, 0.15) is 5.56 Å². The van der Waals surface area contributed by atoms with Crippen LogP contribution in [-0.4, -0.2) is 36.4 Å². The van der Waals surface area contributed by atoms with Gasteiger partial charge in [-0.25, -0.2) is 17.4 Å². The van der Waals surface area contributed by atoms with Crippen LogP contribution >= 0.6 is 0 Å². The summed E-state index contributed by atoms with van der Waals surface area (Å²) in [6.45, 7) is 3.48. The fraction of sp³-hybridized carbons (Fsp3) is 0.176. The van der Waals surface area contributed by atoms with Gasteiger partial charge in [0.25, 0.3) is 10.0 Å². The van der Waals surface area contributed by atoms with Gasteiger partial charge in [0.1, 0.15) is 0 Å². The zero-order valence-corrected chi connectivity index (χ0v) is 14.4. The summed E-state index contributed by atoms with van der Waals surface area (Å²) in [6.07, 6.45) is 3.18. The van der Waals surface area contributed by atoms with Crippen LogP contribution in [0.2, 0.25) is 0 Å². The molecule has 25 heavy (non-hydrogen) atoms. The van der Waals surface area contributed by atoms with Crippen molar-refractivity contribution in [1.29, 1.82) is 0 Å². The lowest BCUT2D eigenvalue weighted by molar-refractivity contribution is 0.589. The second-order valence-electron chi connectivity index (χ2n) is 5.75. The predicted octanol–water partition coefficient (Wildman–Crippen LogP) is 1.95. The third kappa shape index (κ3) is 2.64. The molecule has 3 aromatic rings. The summed E-state index contributed by atoms with van der Waals surface area (Å²) < 4.78 is 26.9. The number of aromatic nitrogens is 2. The van der Waals surface area contributed by atoms with Crippen molar-refractivity contribution in [2.45, 2.75) is 11.8 Å². The number of rotatable bonds is 3. The molecule has 0 amide bonds. The molecule has 1 aliphatic heterocycles. The molecule has 8 heteroatoms. The van der Waals surface area contributed by atoms with Crippen LogP contribution in [0.5, 0.6) is 0 Å². The summed E-state index contributed by atoms with van der Waals surface area (Å²) in [7, 11) is -3.68. The molecule has 0 spiro atoms. The Balaban J connectivity index is 1.79. The van der Waals surface area contributed by atoms with Crippen LogP contribution in [0.3, 0.4) is 0 Å². The molecule has 128 valence electrons. The fourth-order valence-electron chi connectivity index (χ4n) is 2.83. The van der Waals surface area contributed by atoms with Crippen molar-refractivity contribution in [3.05, 3.63) is 54.4 Å². The molecule has 0 fully saturated rings. The Morgan fingerprint density at radius 1 is 1.20 bits per heavy atom. The zero-order chi connectivity index (χ0) is 17.4. The Morgan fingerprint density at radius 2 is 2.00 bits per heavy atom. The molecule has 0 bridgehead atoms. The first-order valence-electron chi connectivity index (χ1n) is 7.90. The van der Waals surface area contributed by atoms with E-state index in [0.717, 1.165) is 29.7 Å². The number of guanidine groups is 1. The first-order valence-corrected chi connectivity index (χ1v) is 9.34. The maximum atomic E-state index is 12.9. The summed E-state index contributed by atoms with van der Waals surface area (Å²) in [5.74, 6) is 0.709. The minimum Gasteiger partial charge on any atom is -0.354 e. The van der Waals surface area contributed by atoms with Crippen LogP contribution in [0, 0.1) is 6.92 Å². The highest BCUT2D eigenvalue weighted by Crippen LogP contribution is 2.27. The van der Waals surface area contributed by atoms with Gasteiger partial charge in [0, 0.05) is 18.1 Å². The lowest BCUT2D eigenvalue weighted by Crippen LogP contribution is -2.26. The lowest BCUT2D eigenvalue weighted by atomic mass is 10.2. The van der Waals surface area contributed by atoms with E-state index in [2.05, 4.69) is 20.6 Å². The SMILES string of the molecule is Cc1c(NC2=NCCN2)cnc2c1ccn2S(=O)(=O)c1ccccc1. The molecule has 2 N–H and O–H groups in total. The Labute approximate surface area is 145 Å². The van der Waals surface area contributed by atoms with Gasteiger partial charge in [0.2, 0.25) is 0 Å². The standard InChI is InChI=1S/C17H17N5O2S/c1-12-14-7-10-22(25(23,24)13-5-3-2-4-6-13)16(14)20-11-15(12)21-17-18-8-9-19-17/h2-7,10-11H,8-9H2,1H3,(H2,18,19,21). The summed E-state index contributed by atoms with van der Waals surface area (Å²) >= 11 is 0. The first kappa shape index (κ1) is 15.6. The number of anilines is 1. The first-order chi connectivity index (χ1) is 12.1. The number of hydrogen-bond donors (Lipinski definition) is 2. The van der Waals surface area contributed by atoms with E-state index in [9.17, 15) is 8.42 Å².